The molecule has 0 bridgehead atoms. The van der Waals surface area contributed by atoms with Crippen LogP contribution in [-0.4, -0.2) is 41.6 Å². The number of carboxylic acid groups (broad SMARTS) is 1. The van der Waals surface area contributed by atoms with E-state index in [1.165, 1.54) is 9.80 Å². The third kappa shape index (κ3) is 2.25. The zero-order valence-electron chi connectivity index (χ0n) is 9.54. The van der Waals surface area contributed by atoms with Gasteiger partial charge in [0.15, 0.2) is 0 Å². The molecule has 1 N–H and O–H groups in total. The number of amides is 2. The summed E-state index contributed by atoms with van der Waals surface area (Å²) in [7, 11) is 0. The number of rotatable bonds is 3. The fourth-order valence-corrected chi connectivity index (χ4v) is 1.85. The lowest BCUT2D eigenvalue weighted by Crippen LogP contribution is -2.35. The van der Waals surface area contributed by atoms with E-state index in [0.717, 1.165) is 0 Å². The van der Waals surface area contributed by atoms with Gasteiger partial charge < -0.3 is 10.0 Å². The molecule has 92 valence electrons. The van der Waals surface area contributed by atoms with Gasteiger partial charge in [-0.3, -0.25) is 9.69 Å². The van der Waals surface area contributed by atoms with Crippen LogP contribution < -0.4 is 4.90 Å². The first-order valence-corrected chi connectivity index (χ1v) is 5.40. The molecular formula is C12H11N3O3. The van der Waals surface area contributed by atoms with E-state index >= 15 is 0 Å². The van der Waals surface area contributed by atoms with Crippen molar-refractivity contribution >= 4 is 17.7 Å². The number of carbonyl (C=O) groups excluding carboxylic acids is 1. The van der Waals surface area contributed by atoms with E-state index < -0.39 is 5.97 Å². The van der Waals surface area contributed by atoms with Gasteiger partial charge in [-0.1, -0.05) is 0 Å². The Balaban J connectivity index is 2.13. The second kappa shape index (κ2) is 4.75. The first-order chi connectivity index (χ1) is 8.61. The molecule has 1 aromatic rings. The second-order valence-corrected chi connectivity index (χ2v) is 3.91. The molecule has 0 radical (unpaired) electrons. The van der Waals surface area contributed by atoms with Gasteiger partial charge in [0.1, 0.15) is 6.54 Å². The van der Waals surface area contributed by atoms with Gasteiger partial charge >= 0.3 is 12.0 Å². The smallest absolute Gasteiger partial charge is 0.325 e. The molecule has 1 fully saturated rings. The van der Waals surface area contributed by atoms with E-state index in [-0.39, 0.29) is 12.6 Å². The lowest BCUT2D eigenvalue weighted by atomic mass is 10.2. The maximum absolute atomic E-state index is 11.9. The Hall–Kier alpha value is -2.55. The van der Waals surface area contributed by atoms with Crippen LogP contribution in [0.3, 0.4) is 0 Å². The highest BCUT2D eigenvalue weighted by molar-refractivity contribution is 5.95. The van der Waals surface area contributed by atoms with E-state index in [1.807, 2.05) is 6.07 Å². The Kier molecular flexibility index (Phi) is 3.15. The van der Waals surface area contributed by atoms with Crippen molar-refractivity contribution in [3.05, 3.63) is 29.8 Å². The minimum Gasteiger partial charge on any atom is -0.480 e. The molecular weight excluding hydrogens is 234 g/mol. The van der Waals surface area contributed by atoms with Crippen molar-refractivity contribution in [1.29, 1.82) is 5.26 Å². The number of anilines is 1. The Labute approximate surface area is 104 Å². The first-order valence-electron chi connectivity index (χ1n) is 5.40. The highest BCUT2D eigenvalue weighted by Crippen LogP contribution is 2.20. The molecule has 1 saturated heterocycles. The van der Waals surface area contributed by atoms with E-state index in [4.69, 9.17) is 10.4 Å². The van der Waals surface area contributed by atoms with Crippen LogP contribution in [-0.2, 0) is 4.79 Å². The topological polar surface area (TPSA) is 84.6 Å². The van der Waals surface area contributed by atoms with Crippen molar-refractivity contribution in [2.75, 3.05) is 24.5 Å². The maximum Gasteiger partial charge on any atom is 0.325 e. The fourth-order valence-electron chi connectivity index (χ4n) is 1.85. The quantitative estimate of drug-likeness (QED) is 0.856. The van der Waals surface area contributed by atoms with Crippen LogP contribution in [0.1, 0.15) is 5.56 Å². The van der Waals surface area contributed by atoms with Crippen LogP contribution in [0.4, 0.5) is 10.5 Å². The number of benzene rings is 1. The van der Waals surface area contributed by atoms with E-state index in [9.17, 15) is 9.59 Å². The minimum atomic E-state index is -1.02. The molecule has 0 unspecified atom stereocenters. The maximum atomic E-state index is 11.9. The van der Waals surface area contributed by atoms with Crippen molar-refractivity contribution < 1.29 is 14.7 Å². The molecule has 0 saturated carbocycles. The van der Waals surface area contributed by atoms with Crippen molar-refractivity contribution in [3.63, 3.8) is 0 Å². The number of hydrogen-bond donors (Lipinski definition) is 1. The predicted molar refractivity (Wildman–Crippen MR) is 63.1 cm³/mol. The summed E-state index contributed by atoms with van der Waals surface area (Å²) in [4.78, 5) is 25.3. The van der Waals surface area contributed by atoms with Gasteiger partial charge in [-0.25, -0.2) is 4.79 Å². The van der Waals surface area contributed by atoms with Gasteiger partial charge in [0, 0.05) is 18.8 Å². The molecule has 6 heteroatoms. The van der Waals surface area contributed by atoms with Crippen LogP contribution >= 0.6 is 0 Å². The summed E-state index contributed by atoms with van der Waals surface area (Å²) in [5.74, 6) is -1.02. The van der Waals surface area contributed by atoms with E-state index in [2.05, 4.69) is 0 Å². The molecule has 0 aromatic heterocycles. The van der Waals surface area contributed by atoms with E-state index in [1.54, 1.807) is 24.3 Å². The highest BCUT2D eigenvalue weighted by Gasteiger charge is 2.30. The van der Waals surface area contributed by atoms with Gasteiger partial charge in [0.25, 0.3) is 0 Å². The summed E-state index contributed by atoms with van der Waals surface area (Å²) < 4.78 is 0. The summed E-state index contributed by atoms with van der Waals surface area (Å²) in [6.07, 6.45) is 0. The van der Waals surface area contributed by atoms with Crippen LogP contribution in [0, 0.1) is 11.3 Å². The Bertz CT molecular complexity index is 518. The first kappa shape index (κ1) is 11.9. The van der Waals surface area contributed by atoms with E-state index in [0.29, 0.717) is 24.3 Å². The lowest BCUT2D eigenvalue weighted by Gasteiger charge is -2.17. The molecule has 2 amide bonds. The molecule has 1 aliphatic heterocycles. The number of urea groups is 1. The van der Waals surface area contributed by atoms with Gasteiger partial charge in [0.2, 0.25) is 0 Å². The molecule has 1 aliphatic rings. The Morgan fingerprint density at radius 3 is 2.56 bits per heavy atom. The van der Waals surface area contributed by atoms with Gasteiger partial charge in [-0.2, -0.15) is 5.26 Å². The Morgan fingerprint density at radius 1 is 1.33 bits per heavy atom. The largest absolute Gasteiger partial charge is 0.480 e. The third-order valence-electron chi connectivity index (χ3n) is 2.73. The highest BCUT2D eigenvalue weighted by atomic mass is 16.4. The van der Waals surface area contributed by atoms with Crippen LogP contribution in [0.25, 0.3) is 0 Å². The minimum absolute atomic E-state index is 0.286. The number of nitriles is 1. The average molecular weight is 245 g/mol. The van der Waals surface area contributed by atoms with Crippen molar-refractivity contribution in [3.8, 4) is 6.07 Å². The molecule has 0 atom stereocenters. The van der Waals surface area contributed by atoms with Crippen molar-refractivity contribution in [2.45, 2.75) is 0 Å². The summed E-state index contributed by atoms with van der Waals surface area (Å²) in [5.41, 5.74) is 1.19. The van der Waals surface area contributed by atoms with Gasteiger partial charge in [-0.15, -0.1) is 0 Å². The summed E-state index contributed by atoms with van der Waals surface area (Å²) in [6, 6.07) is 8.30. The zero-order valence-corrected chi connectivity index (χ0v) is 9.54. The normalized spacial score (nSPS) is 14.7. The molecule has 0 spiro atoms. The molecule has 1 aromatic carbocycles. The molecule has 1 heterocycles. The van der Waals surface area contributed by atoms with Crippen molar-refractivity contribution in [2.24, 2.45) is 0 Å². The van der Waals surface area contributed by atoms with Crippen LogP contribution in [0.2, 0.25) is 0 Å². The van der Waals surface area contributed by atoms with Crippen LogP contribution in [0.5, 0.6) is 0 Å². The second-order valence-electron chi connectivity index (χ2n) is 3.91. The summed E-state index contributed by atoms with van der Waals surface area (Å²) in [6.45, 7) is 0.564. The third-order valence-corrected chi connectivity index (χ3v) is 2.73. The number of aliphatic carboxylic acids is 1. The Morgan fingerprint density at radius 2 is 2.00 bits per heavy atom. The number of hydrogen-bond acceptors (Lipinski definition) is 3. The average Bonchev–Trinajstić information content (AvgIpc) is 2.71. The van der Waals surface area contributed by atoms with Gasteiger partial charge in [0.05, 0.1) is 11.6 Å². The van der Waals surface area contributed by atoms with Crippen LogP contribution in [0.15, 0.2) is 24.3 Å². The fraction of sp³-hybridized carbons (Fsp3) is 0.250. The standard InChI is InChI=1S/C12H11N3O3/c13-7-9-1-3-10(4-2-9)15-6-5-14(12(15)18)8-11(16)17/h1-4H,5-6,8H2,(H,16,17). The lowest BCUT2D eigenvalue weighted by molar-refractivity contribution is -0.137. The number of carbonyl (C=O) groups is 2. The molecule has 6 nitrogen and oxygen atoms in total. The summed E-state index contributed by atoms with van der Waals surface area (Å²) in [5, 5.41) is 17.4. The van der Waals surface area contributed by atoms with Crippen molar-refractivity contribution in [1.82, 2.24) is 4.90 Å². The predicted octanol–water partition coefficient (Wildman–Crippen LogP) is 0.885. The number of nitrogens with zero attached hydrogens (tertiary/aromatic N) is 3. The molecule has 18 heavy (non-hydrogen) atoms. The number of carboxylic acids is 1. The molecule has 0 aliphatic carbocycles. The SMILES string of the molecule is N#Cc1ccc(N2CCN(CC(=O)O)C2=O)cc1. The zero-order chi connectivity index (χ0) is 13.1. The van der Waals surface area contributed by atoms with Gasteiger partial charge in [-0.05, 0) is 24.3 Å². The summed E-state index contributed by atoms with van der Waals surface area (Å²) >= 11 is 0. The monoisotopic (exact) mass is 245 g/mol. The molecule has 2 rings (SSSR count).